The molecule has 2 atom stereocenters. The standard InChI is InChI=1S/C18H25N3O4/c1-13(16-6-3-11-25-16)19-18(24)21-9-7-20(8-10-21)17(23)14-4-2-5-15(22)12-14/h2,4-5,12-13,16,22H,3,6-11H2,1H3,(H,19,24). The Hall–Kier alpha value is -2.28. The molecular formula is C18H25N3O4. The molecule has 1 aromatic carbocycles. The van der Waals surface area contributed by atoms with Gasteiger partial charge in [0, 0.05) is 38.3 Å². The summed E-state index contributed by atoms with van der Waals surface area (Å²) in [5, 5.41) is 12.5. The number of hydrogen-bond acceptors (Lipinski definition) is 4. The van der Waals surface area contributed by atoms with Crippen LogP contribution in [0.25, 0.3) is 0 Å². The van der Waals surface area contributed by atoms with Crippen LogP contribution in [0.3, 0.4) is 0 Å². The minimum absolute atomic E-state index is 0.0121. The Morgan fingerprint density at radius 2 is 1.96 bits per heavy atom. The van der Waals surface area contributed by atoms with Crippen LogP contribution in [0.15, 0.2) is 24.3 Å². The number of phenolic OH excluding ortho intramolecular Hbond substituents is 1. The molecule has 2 unspecified atom stereocenters. The second kappa shape index (κ2) is 7.74. The largest absolute Gasteiger partial charge is 0.508 e. The van der Waals surface area contributed by atoms with Gasteiger partial charge in [0.1, 0.15) is 5.75 Å². The first-order valence-electron chi connectivity index (χ1n) is 8.80. The Morgan fingerprint density at radius 3 is 2.60 bits per heavy atom. The quantitative estimate of drug-likeness (QED) is 0.867. The Balaban J connectivity index is 1.49. The predicted octanol–water partition coefficient (Wildman–Crippen LogP) is 1.43. The third-order valence-electron chi connectivity index (χ3n) is 4.82. The van der Waals surface area contributed by atoms with Gasteiger partial charge < -0.3 is 25.0 Å². The number of piperazine rings is 1. The van der Waals surface area contributed by atoms with Gasteiger partial charge in [-0.2, -0.15) is 0 Å². The van der Waals surface area contributed by atoms with Crippen LogP contribution < -0.4 is 5.32 Å². The van der Waals surface area contributed by atoms with Crippen molar-refractivity contribution in [2.75, 3.05) is 32.8 Å². The number of benzene rings is 1. The van der Waals surface area contributed by atoms with Gasteiger partial charge in [0.15, 0.2) is 0 Å². The van der Waals surface area contributed by atoms with Crippen LogP contribution in [0.2, 0.25) is 0 Å². The van der Waals surface area contributed by atoms with Crippen LogP contribution in [-0.2, 0) is 4.74 Å². The first-order valence-corrected chi connectivity index (χ1v) is 8.80. The SMILES string of the molecule is CC(NC(=O)N1CCN(C(=O)c2cccc(O)c2)CC1)C1CCCO1. The number of nitrogens with zero attached hydrogens (tertiary/aromatic N) is 2. The first-order chi connectivity index (χ1) is 12.0. The third kappa shape index (κ3) is 4.22. The van der Waals surface area contributed by atoms with Gasteiger partial charge in [-0.3, -0.25) is 4.79 Å². The predicted molar refractivity (Wildman–Crippen MR) is 92.6 cm³/mol. The van der Waals surface area contributed by atoms with E-state index in [-0.39, 0.29) is 29.8 Å². The molecule has 136 valence electrons. The van der Waals surface area contributed by atoms with Crippen LogP contribution >= 0.6 is 0 Å². The number of ether oxygens (including phenoxy) is 1. The summed E-state index contributed by atoms with van der Waals surface area (Å²) in [5.74, 6) is -0.0457. The summed E-state index contributed by atoms with van der Waals surface area (Å²) >= 11 is 0. The number of aromatic hydroxyl groups is 1. The molecule has 2 aliphatic rings. The molecule has 7 nitrogen and oxygen atoms in total. The second-order valence-corrected chi connectivity index (χ2v) is 6.62. The minimum Gasteiger partial charge on any atom is -0.508 e. The molecule has 7 heteroatoms. The Labute approximate surface area is 147 Å². The molecule has 0 radical (unpaired) electrons. The lowest BCUT2D eigenvalue weighted by Gasteiger charge is -2.35. The molecule has 0 aromatic heterocycles. The average Bonchev–Trinajstić information content (AvgIpc) is 3.16. The summed E-state index contributed by atoms with van der Waals surface area (Å²) in [7, 11) is 0. The molecule has 2 N–H and O–H groups in total. The summed E-state index contributed by atoms with van der Waals surface area (Å²) in [6.07, 6.45) is 2.12. The number of rotatable bonds is 3. The summed E-state index contributed by atoms with van der Waals surface area (Å²) in [5.41, 5.74) is 0.463. The van der Waals surface area contributed by atoms with Crippen molar-refractivity contribution < 1.29 is 19.4 Å². The Bertz CT molecular complexity index is 623. The molecule has 25 heavy (non-hydrogen) atoms. The van der Waals surface area contributed by atoms with E-state index in [4.69, 9.17) is 4.74 Å². The van der Waals surface area contributed by atoms with Crippen molar-refractivity contribution in [2.24, 2.45) is 0 Å². The maximum absolute atomic E-state index is 12.5. The summed E-state index contributed by atoms with van der Waals surface area (Å²) in [4.78, 5) is 28.3. The molecular weight excluding hydrogens is 322 g/mol. The molecule has 2 heterocycles. The molecule has 3 rings (SSSR count). The highest BCUT2D eigenvalue weighted by Gasteiger charge is 2.28. The molecule has 2 fully saturated rings. The van der Waals surface area contributed by atoms with Gasteiger partial charge in [-0.25, -0.2) is 4.79 Å². The summed E-state index contributed by atoms with van der Waals surface area (Å²) < 4.78 is 5.60. The van der Waals surface area contributed by atoms with Crippen LogP contribution in [0.1, 0.15) is 30.1 Å². The fraction of sp³-hybridized carbons (Fsp3) is 0.556. The van der Waals surface area contributed by atoms with E-state index in [1.807, 2.05) is 6.92 Å². The molecule has 2 aliphatic heterocycles. The summed E-state index contributed by atoms with van der Waals surface area (Å²) in [6, 6.07) is 6.22. The molecule has 3 amide bonds. The number of carbonyl (C=O) groups excluding carboxylic acids is 2. The van der Waals surface area contributed by atoms with Crippen LogP contribution in [0.4, 0.5) is 4.79 Å². The average molecular weight is 347 g/mol. The second-order valence-electron chi connectivity index (χ2n) is 6.62. The maximum atomic E-state index is 12.5. The zero-order valence-electron chi connectivity index (χ0n) is 14.5. The zero-order valence-corrected chi connectivity index (χ0v) is 14.5. The Morgan fingerprint density at radius 1 is 1.24 bits per heavy atom. The van der Waals surface area contributed by atoms with E-state index in [1.165, 1.54) is 12.1 Å². The molecule has 0 bridgehead atoms. The van der Waals surface area contributed by atoms with E-state index >= 15 is 0 Å². The van der Waals surface area contributed by atoms with Crippen molar-refractivity contribution in [2.45, 2.75) is 31.9 Å². The van der Waals surface area contributed by atoms with Gasteiger partial charge in [-0.05, 0) is 38.0 Å². The molecule has 0 aliphatic carbocycles. The number of carbonyl (C=O) groups is 2. The van der Waals surface area contributed by atoms with Gasteiger partial charge in [-0.15, -0.1) is 0 Å². The molecule has 0 spiro atoms. The fourth-order valence-corrected chi connectivity index (χ4v) is 3.31. The molecule has 1 aromatic rings. The number of nitrogens with one attached hydrogen (secondary N) is 1. The fourth-order valence-electron chi connectivity index (χ4n) is 3.31. The third-order valence-corrected chi connectivity index (χ3v) is 4.82. The lowest BCUT2D eigenvalue weighted by molar-refractivity contribution is 0.0642. The van der Waals surface area contributed by atoms with Crippen molar-refractivity contribution in [3.05, 3.63) is 29.8 Å². The van der Waals surface area contributed by atoms with E-state index in [0.717, 1.165) is 19.4 Å². The lowest BCUT2D eigenvalue weighted by Crippen LogP contribution is -2.55. The topological polar surface area (TPSA) is 82.1 Å². The van der Waals surface area contributed by atoms with Crippen LogP contribution in [-0.4, -0.2) is 71.8 Å². The van der Waals surface area contributed by atoms with E-state index in [2.05, 4.69) is 5.32 Å². The van der Waals surface area contributed by atoms with E-state index < -0.39 is 0 Å². The van der Waals surface area contributed by atoms with E-state index in [9.17, 15) is 14.7 Å². The van der Waals surface area contributed by atoms with Crippen molar-refractivity contribution in [3.63, 3.8) is 0 Å². The van der Waals surface area contributed by atoms with Gasteiger partial charge >= 0.3 is 6.03 Å². The zero-order chi connectivity index (χ0) is 17.8. The molecule has 0 saturated carbocycles. The summed E-state index contributed by atoms with van der Waals surface area (Å²) in [6.45, 7) is 4.69. The number of urea groups is 1. The highest BCUT2D eigenvalue weighted by atomic mass is 16.5. The van der Waals surface area contributed by atoms with Gasteiger partial charge in [0.25, 0.3) is 5.91 Å². The van der Waals surface area contributed by atoms with Gasteiger partial charge in [-0.1, -0.05) is 6.07 Å². The first kappa shape index (κ1) is 17.5. The smallest absolute Gasteiger partial charge is 0.317 e. The van der Waals surface area contributed by atoms with E-state index in [0.29, 0.717) is 31.7 Å². The number of phenols is 1. The number of amides is 3. The van der Waals surface area contributed by atoms with Gasteiger partial charge in [0.05, 0.1) is 12.1 Å². The lowest BCUT2D eigenvalue weighted by atomic mass is 10.1. The Kier molecular flexibility index (Phi) is 5.43. The maximum Gasteiger partial charge on any atom is 0.317 e. The van der Waals surface area contributed by atoms with Crippen LogP contribution in [0.5, 0.6) is 5.75 Å². The van der Waals surface area contributed by atoms with Crippen molar-refractivity contribution in [1.29, 1.82) is 0 Å². The minimum atomic E-state index is -0.122. The monoisotopic (exact) mass is 347 g/mol. The highest BCUT2D eigenvalue weighted by molar-refractivity contribution is 5.94. The van der Waals surface area contributed by atoms with E-state index in [1.54, 1.807) is 21.9 Å². The van der Waals surface area contributed by atoms with Gasteiger partial charge in [0.2, 0.25) is 0 Å². The number of hydrogen-bond donors (Lipinski definition) is 2. The highest BCUT2D eigenvalue weighted by Crippen LogP contribution is 2.17. The van der Waals surface area contributed by atoms with Crippen LogP contribution in [0, 0.1) is 0 Å². The normalized spacial score (nSPS) is 21.9. The van der Waals surface area contributed by atoms with Crippen molar-refractivity contribution >= 4 is 11.9 Å². The van der Waals surface area contributed by atoms with Crippen molar-refractivity contribution in [3.8, 4) is 5.75 Å². The molecule has 2 saturated heterocycles. The van der Waals surface area contributed by atoms with Crippen molar-refractivity contribution in [1.82, 2.24) is 15.1 Å².